The van der Waals surface area contributed by atoms with E-state index in [1.165, 1.54) is 59.3 Å². The highest BCUT2D eigenvalue weighted by Gasteiger charge is 2.23. The van der Waals surface area contributed by atoms with Crippen LogP contribution in [0.3, 0.4) is 0 Å². The smallest absolute Gasteiger partial charge is 0.309 e. The summed E-state index contributed by atoms with van der Waals surface area (Å²) in [6.07, 6.45) is 0.845. The van der Waals surface area contributed by atoms with Crippen molar-refractivity contribution >= 4 is 37.5 Å². The first-order valence-corrected chi connectivity index (χ1v) is 13.6. The second-order valence-electron chi connectivity index (χ2n) is 7.41. The number of benzene rings is 2. The Labute approximate surface area is 204 Å². The van der Waals surface area contributed by atoms with Crippen LogP contribution in [0.25, 0.3) is 0 Å². The predicted molar refractivity (Wildman–Crippen MR) is 129 cm³/mol. The molecular formula is C22H27NO10S2. The van der Waals surface area contributed by atoms with Crippen LogP contribution in [-0.2, 0) is 26.8 Å². The molecule has 35 heavy (non-hydrogen) atoms. The van der Waals surface area contributed by atoms with Gasteiger partial charge in [0, 0.05) is 23.2 Å². The van der Waals surface area contributed by atoms with Gasteiger partial charge in [-0.3, -0.25) is 9.59 Å². The van der Waals surface area contributed by atoms with Crippen LogP contribution >= 0.6 is 0 Å². The highest BCUT2D eigenvalue weighted by molar-refractivity contribution is 7.87. The molecule has 0 unspecified atom stereocenters. The molecule has 0 aromatic heterocycles. The van der Waals surface area contributed by atoms with E-state index in [9.17, 15) is 26.4 Å². The van der Waals surface area contributed by atoms with E-state index in [1.807, 2.05) is 0 Å². The Morgan fingerprint density at radius 2 is 1.34 bits per heavy atom. The summed E-state index contributed by atoms with van der Waals surface area (Å²) in [5.74, 6) is -1.32. The number of rotatable bonds is 12. The third-order valence-electron chi connectivity index (χ3n) is 4.71. The maximum absolute atomic E-state index is 12.2. The molecule has 2 rings (SSSR count). The van der Waals surface area contributed by atoms with Gasteiger partial charge in [-0.05, 0) is 45.0 Å². The number of hydrogen-bond donors (Lipinski definition) is 1. The molecule has 0 aliphatic carbocycles. The Balaban J connectivity index is 2.67. The summed E-state index contributed by atoms with van der Waals surface area (Å²) in [5, 5.41) is 2.92. The fourth-order valence-corrected chi connectivity index (χ4v) is 3.98. The molecule has 0 fully saturated rings. The maximum Gasteiger partial charge on any atom is 0.309 e. The van der Waals surface area contributed by atoms with Crippen LogP contribution in [0.4, 0.5) is 5.69 Å². The zero-order valence-electron chi connectivity index (χ0n) is 20.1. The predicted octanol–water partition coefficient (Wildman–Crippen LogP) is 2.79. The molecule has 0 amide bonds. The lowest BCUT2D eigenvalue weighted by atomic mass is 10.1. The van der Waals surface area contributed by atoms with Crippen molar-refractivity contribution < 1.29 is 44.3 Å². The molecule has 0 saturated carbocycles. The van der Waals surface area contributed by atoms with Gasteiger partial charge in [-0.2, -0.15) is 16.8 Å². The molecule has 13 heteroatoms. The van der Waals surface area contributed by atoms with Crippen molar-refractivity contribution in [1.82, 2.24) is 0 Å². The number of nitrogens with one attached hydrogen (secondary N) is 1. The van der Waals surface area contributed by atoms with E-state index in [0.29, 0.717) is 0 Å². The van der Waals surface area contributed by atoms with E-state index in [4.69, 9.17) is 17.8 Å². The highest BCUT2D eigenvalue weighted by Crippen LogP contribution is 2.40. The number of methoxy groups -OCH3 is 2. The van der Waals surface area contributed by atoms with Gasteiger partial charge in [-0.25, -0.2) is 0 Å². The van der Waals surface area contributed by atoms with Crippen LogP contribution in [0.5, 0.6) is 23.0 Å². The van der Waals surface area contributed by atoms with Gasteiger partial charge in [-0.15, -0.1) is 0 Å². The van der Waals surface area contributed by atoms with Crippen LogP contribution in [0.1, 0.15) is 47.1 Å². The van der Waals surface area contributed by atoms with Crippen LogP contribution in [0.15, 0.2) is 24.3 Å². The Morgan fingerprint density at radius 1 is 0.829 bits per heavy atom. The first-order chi connectivity index (χ1) is 16.2. The minimum Gasteiger partial charge on any atom is -0.493 e. The van der Waals surface area contributed by atoms with Crippen molar-refractivity contribution in [3.05, 3.63) is 41.0 Å². The quantitative estimate of drug-likeness (QED) is 0.319. The van der Waals surface area contributed by atoms with Crippen molar-refractivity contribution in [3.63, 3.8) is 0 Å². The molecule has 0 saturated heterocycles. The summed E-state index contributed by atoms with van der Waals surface area (Å²) in [6, 6.07) is 5.46. The molecular weight excluding hydrogens is 502 g/mol. The molecule has 1 N–H and O–H groups in total. The average molecular weight is 530 g/mol. The molecule has 0 spiro atoms. The van der Waals surface area contributed by atoms with Gasteiger partial charge in [0.15, 0.2) is 28.8 Å². The Kier molecular flexibility index (Phi) is 8.74. The highest BCUT2D eigenvalue weighted by atomic mass is 32.2. The Bertz CT molecular complexity index is 1350. The van der Waals surface area contributed by atoms with E-state index in [1.54, 1.807) is 0 Å². The van der Waals surface area contributed by atoms with E-state index < -0.39 is 20.2 Å². The van der Waals surface area contributed by atoms with E-state index in [-0.39, 0.29) is 69.2 Å². The lowest BCUT2D eigenvalue weighted by Gasteiger charge is -2.19. The number of carbonyl (C=O) groups excluding carboxylic acids is 2. The minimum atomic E-state index is -3.99. The topological polar surface area (TPSA) is 151 Å². The first-order valence-electron chi connectivity index (χ1n) is 10.2. The minimum absolute atomic E-state index is 0.00852. The SMILES string of the molecule is CCS(=O)(=O)Oc1c(CNc2cc(C(C)=O)cc(OC)c2OS(C)(=O)=O)cc(C(C)=O)cc1OC. The third-order valence-corrected chi connectivity index (χ3v) is 6.30. The number of hydrogen-bond acceptors (Lipinski definition) is 11. The van der Waals surface area contributed by atoms with Gasteiger partial charge in [0.25, 0.3) is 0 Å². The number of Topliss-reactive ketones (excluding diaryl/α,β-unsaturated/α-hetero) is 2. The molecule has 0 aliphatic rings. The fraction of sp³-hybridized carbons (Fsp3) is 0.364. The second-order valence-corrected chi connectivity index (χ2v) is 10.8. The van der Waals surface area contributed by atoms with Crippen molar-refractivity contribution in [2.24, 2.45) is 0 Å². The summed E-state index contributed by atoms with van der Waals surface area (Å²) < 4.78 is 68.9. The zero-order chi connectivity index (χ0) is 26.6. The Morgan fingerprint density at radius 3 is 1.80 bits per heavy atom. The lowest BCUT2D eigenvalue weighted by Crippen LogP contribution is -2.15. The molecule has 0 aliphatic heterocycles. The molecule has 0 radical (unpaired) electrons. The third kappa shape index (κ3) is 7.33. The fourth-order valence-electron chi connectivity index (χ4n) is 2.94. The van der Waals surface area contributed by atoms with Crippen molar-refractivity contribution in [3.8, 4) is 23.0 Å². The summed E-state index contributed by atoms with van der Waals surface area (Å²) in [5.41, 5.74) is 0.702. The summed E-state index contributed by atoms with van der Waals surface area (Å²) in [4.78, 5) is 24.0. The van der Waals surface area contributed by atoms with Crippen molar-refractivity contribution in [2.45, 2.75) is 27.3 Å². The first kappa shape index (κ1) is 27.9. The molecule has 0 atom stereocenters. The monoisotopic (exact) mass is 529 g/mol. The molecule has 0 heterocycles. The molecule has 11 nitrogen and oxygen atoms in total. The molecule has 2 aromatic rings. The average Bonchev–Trinajstić information content (AvgIpc) is 2.77. The number of ketones is 2. The van der Waals surface area contributed by atoms with Gasteiger partial charge in [0.2, 0.25) is 5.75 Å². The molecule has 0 bridgehead atoms. The summed E-state index contributed by atoms with van der Waals surface area (Å²) in [7, 11) is -5.38. The van der Waals surface area contributed by atoms with Gasteiger partial charge in [-0.1, -0.05) is 0 Å². The van der Waals surface area contributed by atoms with Gasteiger partial charge < -0.3 is 23.2 Å². The van der Waals surface area contributed by atoms with Gasteiger partial charge in [0.1, 0.15) is 0 Å². The number of ether oxygens (including phenoxy) is 2. The van der Waals surface area contributed by atoms with Crippen LogP contribution in [0, 0.1) is 0 Å². The maximum atomic E-state index is 12.2. The molecule has 2 aromatic carbocycles. The van der Waals surface area contributed by atoms with E-state index in [0.717, 1.165) is 6.26 Å². The van der Waals surface area contributed by atoms with Crippen LogP contribution < -0.4 is 23.2 Å². The normalized spacial score (nSPS) is 11.5. The Hall–Kier alpha value is -3.32. The van der Waals surface area contributed by atoms with E-state index >= 15 is 0 Å². The second kappa shape index (κ2) is 11.0. The van der Waals surface area contributed by atoms with Crippen molar-refractivity contribution in [2.75, 3.05) is 31.5 Å². The standard InChI is InChI=1S/C22H27NO10S2/c1-7-35(28,29)33-21-17(8-15(13(2)24)10-19(21)30-4)12-23-18-9-16(14(3)25)11-20(31-5)22(18)32-34(6,26)27/h8-11,23H,7,12H2,1-6H3. The summed E-state index contributed by atoms with van der Waals surface area (Å²) >= 11 is 0. The van der Waals surface area contributed by atoms with Gasteiger partial charge in [0.05, 0.1) is 31.9 Å². The largest absolute Gasteiger partial charge is 0.493 e. The van der Waals surface area contributed by atoms with Crippen LogP contribution in [0.2, 0.25) is 0 Å². The lowest BCUT2D eigenvalue weighted by molar-refractivity contribution is 0.100. The number of carbonyl (C=O) groups is 2. The van der Waals surface area contributed by atoms with Gasteiger partial charge >= 0.3 is 20.2 Å². The van der Waals surface area contributed by atoms with E-state index in [2.05, 4.69) is 5.32 Å². The molecule has 192 valence electrons. The van der Waals surface area contributed by atoms with Crippen molar-refractivity contribution in [1.29, 1.82) is 0 Å². The number of anilines is 1. The van der Waals surface area contributed by atoms with Crippen LogP contribution in [-0.4, -0.2) is 54.6 Å². The summed E-state index contributed by atoms with van der Waals surface area (Å²) in [6.45, 7) is 3.88. The zero-order valence-corrected chi connectivity index (χ0v) is 21.8.